The number of halogens is 1. The molecule has 2 unspecified atom stereocenters. The molecule has 1 aromatic heterocycles. The highest BCUT2D eigenvalue weighted by molar-refractivity contribution is 9.10. The Hall–Kier alpha value is 0.0600. The molecule has 5 heteroatoms. The van der Waals surface area contributed by atoms with Crippen LogP contribution in [0.1, 0.15) is 17.8 Å². The Labute approximate surface area is 103 Å². The molecule has 0 aromatic carbocycles. The van der Waals surface area contributed by atoms with Crippen molar-refractivity contribution in [1.82, 2.24) is 5.32 Å². The number of rotatable bonds is 6. The van der Waals surface area contributed by atoms with Gasteiger partial charge >= 0.3 is 0 Å². The molecule has 0 spiro atoms. The molecule has 3 N–H and O–H groups in total. The highest BCUT2D eigenvalue weighted by atomic mass is 79.9. The summed E-state index contributed by atoms with van der Waals surface area (Å²) in [6, 6.07) is 2.25. The van der Waals surface area contributed by atoms with Crippen LogP contribution in [0.5, 0.6) is 0 Å². The summed E-state index contributed by atoms with van der Waals surface area (Å²) >= 11 is 5.23. The molecule has 0 amide bonds. The predicted octanol–water partition coefficient (Wildman–Crippen LogP) is 2.13. The van der Waals surface area contributed by atoms with Crippen molar-refractivity contribution in [1.29, 1.82) is 0 Å². The number of hydrogen-bond donors (Lipinski definition) is 2. The van der Waals surface area contributed by atoms with E-state index < -0.39 is 0 Å². The average Bonchev–Trinajstić information content (AvgIpc) is 2.65. The number of nitrogens with one attached hydrogen (secondary N) is 1. The lowest BCUT2D eigenvalue weighted by Gasteiger charge is -2.18. The molecule has 15 heavy (non-hydrogen) atoms. The Bertz CT molecular complexity index is 293. The molecule has 2 atom stereocenters. The van der Waals surface area contributed by atoms with Gasteiger partial charge in [0.05, 0.1) is 12.1 Å². The van der Waals surface area contributed by atoms with Gasteiger partial charge in [0.15, 0.2) is 0 Å². The van der Waals surface area contributed by atoms with Crippen LogP contribution in [-0.2, 0) is 4.74 Å². The fourth-order valence-corrected chi connectivity index (χ4v) is 2.97. The molecular formula is C10H17BrN2OS. The lowest BCUT2D eigenvalue weighted by molar-refractivity contribution is 0.114. The van der Waals surface area contributed by atoms with Crippen molar-refractivity contribution in [2.45, 2.75) is 19.1 Å². The van der Waals surface area contributed by atoms with Crippen molar-refractivity contribution in [3.63, 3.8) is 0 Å². The van der Waals surface area contributed by atoms with Crippen LogP contribution in [0.15, 0.2) is 15.9 Å². The van der Waals surface area contributed by atoms with Crippen LogP contribution in [-0.4, -0.2) is 26.3 Å². The maximum atomic E-state index is 5.74. The van der Waals surface area contributed by atoms with Gasteiger partial charge in [0, 0.05) is 29.5 Å². The number of nitrogens with two attached hydrogens (primary N) is 1. The number of methoxy groups -OCH3 is 1. The first-order chi connectivity index (χ1) is 7.19. The maximum Gasteiger partial charge on any atom is 0.0667 e. The molecule has 3 nitrogen and oxygen atoms in total. The molecule has 0 fully saturated rings. The third kappa shape index (κ3) is 3.85. The highest BCUT2D eigenvalue weighted by Crippen LogP contribution is 2.28. The van der Waals surface area contributed by atoms with E-state index in [-0.39, 0.29) is 12.1 Å². The van der Waals surface area contributed by atoms with Crippen LogP contribution in [0.3, 0.4) is 0 Å². The second-order valence-corrected chi connectivity index (χ2v) is 5.18. The normalized spacial score (nSPS) is 15.2. The van der Waals surface area contributed by atoms with Crippen LogP contribution in [0.4, 0.5) is 0 Å². The molecule has 0 aliphatic heterocycles. The van der Waals surface area contributed by atoms with E-state index in [1.54, 1.807) is 18.4 Å². The SMILES string of the molecule is COC(C)CNC(CN)c1sccc1Br. The second kappa shape index (κ2) is 6.60. The summed E-state index contributed by atoms with van der Waals surface area (Å²) in [5.74, 6) is 0. The summed E-state index contributed by atoms with van der Waals surface area (Å²) in [7, 11) is 1.71. The zero-order chi connectivity index (χ0) is 11.3. The zero-order valence-electron chi connectivity index (χ0n) is 9.00. The van der Waals surface area contributed by atoms with Crippen molar-refractivity contribution in [2.75, 3.05) is 20.2 Å². The fourth-order valence-electron chi connectivity index (χ4n) is 1.23. The lowest BCUT2D eigenvalue weighted by Crippen LogP contribution is -2.33. The van der Waals surface area contributed by atoms with E-state index >= 15 is 0 Å². The number of hydrogen-bond acceptors (Lipinski definition) is 4. The van der Waals surface area contributed by atoms with Crippen molar-refractivity contribution in [3.05, 3.63) is 20.8 Å². The van der Waals surface area contributed by atoms with E-state index in [4.69, 9.17) is 10.5 Å². The van der Waals surface area contributed by atoms with Crippen LogP contribution in [0.2, 0.25) is 0 Å². The summed E-state index contributed by atoms with van der Waals surface area (Å²) in [5.41, 5.74) is 5.74. The van der Waals surface area contributed by atoms with Gasteiger partial charge in [0.2, 0.25) is 0 Å². The number of thiophene rings is 1. The van der Waals surface area contributed by atoms with Crippen LogP contribution < -0.4 is 11.1 Å². The minimum absolute atomic E-state index is 0.206. The molecule has 0 saturated carbocycles. The Balaban J connectivity index is 2.53. The first kappa shape index (κ1) is 13.1. The third-order valence-electron chi connectivity index (χ3n) is 2.25. The summed E-state index contributed by atoms with van der Waals surface area (Å²) in [6.45, 7) is 3.43. The first-order valence-electron chi connectivity index (χ1n) is 4.88. The molecule has 0 radical (unpaired) electrons. The fraction of sp³-hybridized carbons (Fsp3) is 0.600. The van der Waals surface area contributed by atoms with Gasteiger partial charge in [-0.1, -0.05) is 0 Å². The van der Waals surface area contributed by atoms with Crippen molar-refractivity contribution < 1.29 is 4.74 Å². The predicted molar refractivity (Wildman–Crippen MR) is 68.3 cm³/mol. The quantitative estimate of drug-likeness (QED) is 0.844. The van der Waals surface area contributed by atoms with Gasteiger partial charge in [-0.05, 0) is 34.3 Å². The van der Waals surface area contributed by atoms with E-state index in [1.807, 2.05) is 13.0 Å². The van der Waals surface area contributed by atoms with Gasteiger partial charge in [-0.15, -0.1) is 11.3 Å². The van der Waals surface area contributed by atoms with E-state index in [0.29, 0.717) is 6.54 Å². The molecular weight excluding hydrogens is 276 g/mol. The molecule has 1 heterocycles. The van der Waals surface area contributed by atoms with Crippen molar-refractivity contribution in [3.8, 4) is 0 Å². The zero-order valence-corrected chi connectivity index (χ0v) is 11.4. The summed E-state index contributed by atoms with van der Waals surface area (Å²) in [4.78, 5) is 1.25. The summed E-state index contributed by atoms with van der Waals surface area (Å²) < 4.78 is 6.31. The van der Waals surface area contributed by atoms with E-state index in [1.165, 1.54) is 4.88 Å². The molecule has 1 aromatic rings. The van der Waals surface area contributed by atoms with Gasteiger partial charge in [0.25, 0.3) is 0 Å². The molecule has 0 aliphatic carbocycles. The molecule has 1 rings (SSSR count). The minimum atomic E-state index is 0.206. The van der Waals surface area contributed by atoms with Gasteiger partial charge in [0.1, 0.15) is 0 Å². The molecule has 0 saturated heterocycles. The Morgan fingerprint density at radius 1 is 1.67 bits per heavy atom. The minimum Gasteiger partial charge on any atom is -0.380 e. The maximum absolute atomic E-state index is 5.74. The first-order valence-corrected chi connectivity index (χ1v) is 6.55. The van der Waals surface area contributed by atoms with Gasteiger partial charge in [-0.25, -0.2) is 0 Å². The Kier molecular flexibility index (Phi) is 5.78. The molecule has 86 valence electrons. The lowest BCUT2D eigenvalue weighted by atomic mass is 10.2. The second-order valence-electron chi connectivity index (χ2n) is 3.38. The Morgan fingerprint density at radius 2 is 2.40 bits per heavy atom. The average molecular weight is 293 g/mol. The largest absolute Gasteiger partial charge is 0.380 e. The van der Waals surface area contributed by atoms with Crippen LogP contribution >= 0.6 is 27.3 Å². The Morgan fingerprint density at radius 3 is 2.87 bits per heavy atom. The molecule has 0 bridgehead atoms. The van der Waals surface area contributed by atoms with E-state index in [2.05, 4.69) is 26.6 Å². The topological polar surface area (TPSA) is 47.3 Å². The monoisotopic (exact) mass is 292 g/mol. The van der Waals surface area contributed by atoms with Gasteiger partial charge < -0.3 is 15.8 Å². The van der Waals surface area contributed by atoms with Crippen molar-refractivity contribution >= 4 is 27.3 Å². The highest BCUT2D eigenvalue weighted by Gasteiger charge is 2.14. The van der Waals surface area contributed by atoms with E-state index in [9.17, 15) is 0 Å². The summed E-state index contributed by atoms with van der Waals surface area (Å²) in [5, 5.41) is 5.45. The standard InChI is InChI=1S/C10H17BrN2OS/c1-7(14-2)6-13-9(5-12)10-8(11)3-4-15-10/h3-4,7,9,13H,5-6,12H2,1-2H3. The smallest absolute Gasteiger partial charge is 0.0667 e. The molecule has 0 aliphatic rings. The van der Waals surface area contributed by atoms with Crippen molar-refractivity contribution in [2.24, 2.45) is 5.73 Å². The van der Waals surface area contributed by atoms with Gasteiger partial charge in [-0.2, -0.15) is 0 Å². The van der Waals surface area contributed by atoms with E-state index in [0.717, 1.165) is 11.0 Å². The number of ether oxygens (including phenoxy) is 1. The van der Waals surface area contributed by atoms with Crippen LogP contribution in [0, 0.1) is 0 Å². The summed E-state index contributed by atoms with van der Waals surface area (Å²) in [6.07, 6.45) is 0.206. The third-order valence-corrected chi connectivity index (χ3v) is 4.24. The van der Waals surface area contributed by atoms with Gasteiger partial charge in [-0.3, -0.25) is 0 Å². The van der Waals surface area contributed by atoms with Crippen LogP contribution in [0.25, 0.3) is 0 Å².